The van der Waals surface area contributed by atoms with Crippen LogP contribution in [0.1, 0.15) is 32.1 Å². The van der Waals surface area contributed by atoms with Gasteiger partial charge in [0.25, 0.3) is 0 Å². The molecule has 1 aliphatic rings. The molecule has 0 aromatic carbocycles. The zero-order valence-electron chi connectivity index (χ0n) is 7.58. The number of amides is 2. The summed E-state index contributed by atoms with van der Waals surface area (Å²) in [5.41, 5.74) is 0. The Hall–Kier alpha value is -1.30. The first-order valence-corrected chi connectivity index (χ1v) is 4.52. The Balaban J connectivity index is 2.24. The molecule has 0 aromatic rings. The minimum absolute atomic E-state index is 0.0364. The third-order valence-electron chi connectivity index (χ3n) is 2.11. The second-order valence-corrected chi connectivity index (χ2v) is 3.10. The molecule has 3 nitrogen and oxygen atoms in total. The third-order valence-corrected chi connectivity index (χ3v) is 2.11. The van der Waals surface area contributed by atoms with E-state index in [4.69, 9.17) is 6.42 Å². The van der Waals surface area contributed by atoms with Crippen LogP contribution in [-0.2, 0) is 9.59 Å². The van der Waals surface area contributed by atoms with E-state index in [1.165, 1.54) is 4.90 Å². The highest BCUT2D eigenvalue weighted by Gasteiger charge is 2.27. The van der Waals surface area contributed by atoms with E-state index >= 15 is 0 Å². The monoisotopic (exact) mass is 179 g/mol. The van der Waals surface area contributed by atoms with Crippen molar-refractivity contribution in [1.29, 1.82) is 0 Å². The number of carbonyl (C=O) groups excluding carboxylic acids is 2. The van der Waals surface area contributed by atoms with Crippen molar-refractivity contribution in [3.63, 3.8) is 0 Å². The number of hydrogen-bond donors (Lipinski definition) is 0. The normalized spacial score (nSPS) is 16.4. The molecule has 0 aromatic heterocycles. The SMILES string of the molecule is C#CCCCCN1C(=O)CCC1=O. The summed E-state index contributed by atoms with van der Waals surface area (Å²) in [6.45, 7) is 0.541. The van der Waals surface area contributed by atoms with Gasteiger partial charge in [0.1, 0.15) is 0 Å². The van der Waals surface area contributed by atoms with E-state index in [-0.39, 0.29) is 11.8 Å². The lowest BCUT2D eigenvalue weighted by Gasteiger charge is -2.12. The molecule has 0 aliphatic carbocycles. The van der Waals surface area contributed by atoms with Gasteiger partial charge in [0.15, 0.2) is 0 Å². The van der Waals surface area contributed by atoms with Crippen LogP contribution >= 0.6 is 0 Å². The fourth-order valence-corrected chi connectivity index (χ4v) is 1.37. The van der Waals surface area contributed by atoms with Crippen LogP contribution < -0.4 is 0 Å². The van der Waals surface area contributed by atoms with Gasteiger partial charge in [0.05, 0.1) is 0 Å². The minimum atomic E-state index is -0.0364. The highest BCUT2D eigenvalue weighted by atomic mass is 16.2. The molecule has 0 saturated carbocycles. The van der Waals surface area contributed by atoms with Crippen molar-refractivity contribution >= 4 is 11.8 Å². The van der Waals surface area contributed by atoms with Crippen LogP contribution in [0.2, 0.25) is 0 Å². The average Bonchev–Trinajstić information content (AvgIpc) is 2.42. The van der Waals surface area contributed by atoms with E-state index in [9.17, 15) is 9.59 Å². The van der Waals surface area contributed by atoms with Crippen LogP contribution in [0, 0.1) is 12.3 Å². The molecule has 0 bridgehead atoms. The van der Waals surface area contributed by atoms with Gasteiger partial charge in [-0.05, 0) is 12.8 Å². The first-order valence-electron chi connectivity index (χ1n) is 4.52. The number of likely N-dealkylation sites (tertiary alicyclic amines) is 1. The molecule has 13 heavy (non-hydrogen) atoms. The lowest BCUT2D eigenvalue weighted by Crippen LogP contribution is -2.29. The summed E-state index contributed by atoms with van der Waals surface area (Å²) in [6, 6.07) is 0. The van der Waals surface area contributed by atoms with Crippen molar-refractivity contribution in [3.8, 4) is 12.3 Å². The molecular weight excluding hydrogens is 166 g/mol. The molecule has 1 heterocycles. The van der Waals surface area contributed by atoms with Crippen molar-refractivity contribution in [1.82, 2.24) is 4.90 Å². The van der Waals surface area contributed by atoms with Gasteiger partial charge in [0.2, 0.25) is 11.8 Å². The number of terminal acetylenes is 1. The van der Waals surface area contributed by atoms with Gasteiger partial charge in [-0.2, -0.15) is 0 Å². The van der Waals surface area contributed by atoms with Gasteiger partial charge in [-0.25, -0.2) is 0 Å². The Morgan fingerprint density at radius 3 is 2.38 bits per heavy atom. The predicted molar refractivity (Wildman–Crippen MR) is 48.6 cm³/mol. The smallest absolute Gasteiger partial charge is 0.229 e. The molecule has 1 rings (SSSR count). The highest BCUT2D eigenvalue weighted by Crippen LogP contribution is 2.12. The first kappa shape index (κ1) is 9.79. The van der Waals surface area contributed by atoms with Crippen molar-refractivity contribution < 1.29 is 9.59 Å². The predicted octanol–water partition coefficient (Wildman–Crippen LogP) is 0.939. The van der Waals surface area contributed by atoms with Gasteiger partial charge < -0.3 is 0 Å². The zero-order valence-corrected chi connectivity index (χ0v) is 7.58. The van der Waals surface area contributed by atoms with Crippen LogP contribution in [0.4, 0.5) is 0 Å². The average molecular weight is 179 g/mol. The van der Waals surface area contributed by atoms with Crippen LogP contribution in [0.25, 0.3) is 0 Å². The molecule has 0 radical (unpaired) electrons. The topological polar surface area (TPSA) is 37.4 Å². The fourth-order valence-electron chi connectivity index (χ4n) is 1.37. The van der Waals surface area contributed by atoms with Crippen LogP contribution in [0.5, 0.6) is 0 Å². The zero-order chi connectivity index (χ0) is 9.68. The molecule has 1 aliphatic heterocycles. The summed E-state index contributed by atoms with van der Waals surface area (Å²) in [6.07, 6.45) is 8.27. The summed E-state index contributed by atoms with van der Waals surface area (Å²) < 4.78 is 0. The number of carbonyl (C=O) groups is 2. The quantitative estimate of drug-likeness (QED) is 0.366. The first-order chi connectivity index (χ1) is 6.25. The molecule has 1 saturated heterocycles. The van der Waals surface area contributed by atoms with Crippen LogP contribution in [-0.4, -0.2) is 23.3 Å². The minimum Gasteiger partial charge on any atom is -0.283 e. The van der Waals surface area contributed by atoms with Crippen molar-refractivity contribution in [2.75, 3.05) is 6.54 Å². The Morgan fingerprint density at radius 1 is 1.23 bits per heavy atom. The Bertz CT molecular complexity index is 236. The van der Waals surface area contributed by atoms with E-state index in [0.717, 1.165) is 19.3 Å². The van der Waals surface area contributed by atoms with Gasteiger partial charge in [-0.3, -0.25) is 14.5 Å². The molecule has 0 atom stereocenters. The molecule has 1 fully saturated rings. The molecule has 0 unspecified atom stereocenters. The number of rotatable bonds is 4. The van der Waals surface area contributed by atoms with Crippen LogP contribution in [0.3, 0.4) is 0 Å². The lowest BCUT2D eigenvalue weighted by atomic mass is 10.2. The molecule has 0 spiro atoms. The van der Waals surface area contributed by atoms with Gasteiger partial charge in [0, 0.05) is 25.8 Å². The number of hydrogen-bond acceptors (Lipinski definition) is 2. The molecule has 3 heteroatoms. The van der Waals surface area contributed by atoms with Crippen LogP contribution in [0.15, 0.2) is 0 Å². The Morgan fingerprint density at radius 2 is 1.85 bits per heavy atom. The van der Waals surface area contributed by atoms with E-state index in [1.807, 2.05) is 0 Å². The van der Waals surface area contributed by atoms with E-state index in [0.29, 0.717) is 19.4 Å². The Kier molecular flexibility index (Phi) is 3.51. The second-order valence-electron chi connectivity index (χ2n) is 3.10. The maximum atomic E-state index is 11.1. The molecular formula is C10H13NO2. The van der Waals surface area contributed by atoms with E-state index < -0.39 is 0 Å². The number of imide groups is 1. The maximum Gasteiger partial charge on any atom is 0.229 e. The van der Waals surface area contributed by atoms with Crippen molar-refractivity contribution in [2.24, 2.45) is 0 Å². The summed E-state index contributed by atoms with van der Waals surface area (Å²) in [5, 5.41) is 0. The lowest BCUT2D eigenvalue weighted by molar-refractivity contribution is -0.138. The number of nitrogens with zero attached hydrogens (tertiary/aromatic N) is 1. The summed E-state index contributed by atoms with van der Waals surface area (Å²) in [4.78, 5) is 23.6. The largest absolute Gasteiger partial charge is 0.283 e. The van der Waals surface area contributed by atoms with Crippen molar-refractivity contribution in [2.45, 2.75) is 32.1 Å². The molecule has 0 N–H and O–H groups in total. The standard InChI is InChI=1S/C10H13NO2/c1-2-3-4-5-8-11-9(12)6-7-10(11)13/h1H,3-8H2. The van der Waals surface area contributed by atoms with E-state index in [2.05, 4.69) is 5.92 Å². The highest BCUT2D eigenvalue weighted by molar-refractivity contribution is 6.01. The third kappa shape index (κ3) is 2.59. The second kappa shape index (κ2) is 4.66. The van der Waals surface area contributed by atoms with Gasteiger partial charge in [-0.15, -0.1) is 12.3 Å². The molecule has 2 amide bonds. The van der Waals surface area contributed by atoms with E-state index in [1.54, 1.807) is 0 Å². The fraction of sp³-hybridized carbons (Fsp3) is 0.600. The van der Waals surface area contributed by atoms with Gasteiger partial charge in [-0.1, -0.05) is 0 Å². The number of unbranched alkanes of at least 4 members (excludes halogenated alkanes) is 2. The summed E-state index contributed by atoms with van der Waals surface area (Å²) in [5.74, 6) is 2.45. The summed E-state index contributed by atoms with van der Waals surface area (Å²) in [7, 11) is 0. The van der Waals surface area contributed by atoms with Gasteiger partial charge >= 0.3 is 0 Å². The maximum absolute atomic E-state index is 11.1. The van der Waals surface area contributed by atoms with Crippen molar-refractivity contribution in [3.05, 3.63) is 0 Å². The summed E-state index contributed by atoms with van der Waals surface area (Å²) >= 11 is 0. The molecule has 70 valence electrons. The Labute approximate surface area is 78.1 Å².